The van der Waals surface area contributed by atoms with Crippen LogP contribution in [0.1, 0.15) is 32.1 Å². The van der Waals surface area contributed by atoms with Gasteiger partial charge in [-0.3, -0.25) is 0 Å². The predicted molar refractivity (Wildman–Crippen MR) is 44.8 cm³/mol. The summed E-state index contributed by atoms with van der Waals surface area (Å²) < 4.78 is 0. The van der Waals surface area contributed by atoms with Crippen LogP contribution in [0.4, 0.5) is 0 Å². The lowest BCUT2D eigenvalue weighted by Crippen LogP contribution is -2.23. The van der Waals surface area contributed by atoms with E-state index in [0.717, 1.165) is 25.7 Å². The summed E-state index contributed by atoms with van der Waals surface area (Å²) in [5.74, 6) is 0. The minimum atomic E-state index is 0.397. The van der Waals surface area contributed by atoms with Gasteiger partial charge in [0.15, 0.2) is 0 Å². The summed E-state index contributed by atoms with van der Waals surface area (Å²) in [6.07, 6.45) is 7.00. The van der Waals surface area contributed by atoms with Crippen molar-refractivity contribution in [2.45, 2.75) is 38.1 Å². The molecule has 0 aromatic carbocycles. The molecule has 60 valence electrons. The molecule has 1 aliphatic rings. The zero-order chi connectivity index (χ0) is 8.10. The summed E-state index contributed by atoms with van der Waals surface area (Å²) in [6, 6.07) is 2.52. The molecular formula is C9H14N2. The predicted octanol–water partition coefficient (Wildman–Crippen LogP) is 1.73. The summed E-state index contributed by atoms with van der Waals surface area (Å²) in [5.41, 5.74) is 7.16. The quantitative estimate of drug-likeness (QED) is 0.579. The van der Waals surface area contributed by atoms with E-state index in [1.165, 1.54) is 5.57 Å². The van der Waals surface area contributed by atoms with Gasteiger partial charge in [-0.2, -0.15) is 5.26 Å². The average Bonchev–Trinajstić information content (AvgIpc) is 2.04. The van der Waals surface area contributed by atoms with Crippen molar-refractivity contribution in [3.05, 3.63) is 11.6 Å². The molecule has 2 N–H and O–H groups in total. The molecule has 0 unspecified atom stereocenters. The first-order chi connectivity index (χ1) is 5.33. The van der Waals surface area contributed by atoms with Gasteiger partial charge in [-0.1, -0.05) is 11.6 Å². The molecule has 2 nitrogen and oxygen atoms in total. The standard InChI is InChI=1S/C9H14N2/c10-7-1-2-8-3-5-9(11)6-4-8/h2,9H,1,3-6,11H2. The van der Waals surface area contributed by atoms with Crippen molar-refractivity contribution < 1.29 is 0 Å². The van der Waals surface area contributed by atoms with E-state index in [-0.39, 0.29) is 0 Å². The molecule has 1 saturated carbocycles. The summed E-state index contributed by atoms with van der Waals surface area (Å²) >= 11 is 0. The lowest BCUT2D eigenvalue weighted by molar-refractivity contribution is 0.510. The van der Waals surface area contributed by atoms with Gasteiger partial charge in [0.25, 0.3) is 0 Å². The van der Waals surface area contributed by atoms with E-state index in [1.54, 1.807) is 0 Å². The molecule has 0 aromatic heterocycles. The smallest absolute Gasteiger partial charge is 0.0663 e. The van der Waals surface area contributed by atoms with E-state index < -0.39 is 0 Å². The SMILES string of the molecule is N#CCC=C1CCC(N)CC1. The van der Waals surface area contributed by atoms with Crippen molar-refractivity contribution in [2.75, 3.05) is 0 Å². The molecule has 0 amide bonds. The molecule has 0 spiro atoms. The Morgan fingerprint density at radius 2 is 2.18 bits per heavy atom. The molecular weight excluding hydrogens is 136 g/mol. The van der Waals surface area contributed by atoms with Crippen LogP contribution in [0.5, 0.6) is 0 Å². The van der Waals surface area contributed by atoms with Crippen molar-refractivity contribution in [1.82, 2.24) is 0 Å². The molecule has 0 heterocycles. The first-order valence-corrected chi connectivity index (χ1v) is 4.13. The first kappa shape index (κ1) is 8.29. The fraction of sp³-hybridized carbons (Fsp3) is 0.667. The van der Waals surface area contributed by atoms with Gasteiger partial charge in [-0.05, 0) is 25.7 Å². The Kier molecular flexibility index (Phi) is 3.13. The lowest BCUT2D eigenvalue weighted by Gasteiger charge is -2.19. The number of hydrogen-bond acceptors (Lipinski definition) is 2. The highest BCUT2D eigenvalue weighted by molar-refractivity contribution is 5.08. The van der Waals surface area contributed by atoms with E-state index in [4.69, 9.17) is 11.0 Å². The minimum Gasteiger partial charge on any atom is -0.328 e. The van der Waals surface area contributed by atoms with Gasteiger partial charge in [0.1, 0.15) is 0 Å². The van der Waals surface area contributed by atoms with Crippen LogP contribution < -0.4 is 5.73 Å². The fourth-order valence-electron chi connectivity index (χ4n) is 1.41. The average molecular weight is 150 g/mol. The van der Waals surface area contributed by atoms with Crippen molar-refractivity contribution in [3.8, 4) is 6.07 Å². The van der Waals surface area contributed by atoms with E-state index in [2.05, 4.69) is 6.07 Å². The number of nitrogens with two attached hydrogens (primary N) is 1. The molecule has 0 atom stereocenters. The summed E-state index contributed by atoms with van der Waals surface area (Å²) in [4.78, 5) is 0. The van der Waals surface area contributed by atoms with Crippen LogP contribution >= 0.6 is 0 Å². The molecule has 2 heteroatoms. The van der Waals surface area contributed by atoms with Gasteiger partial charge in [0.2, 0.25) is 0 Å². The Balaban J connectivity index is 2.34. The van der Waals surface area contributed by atoms with Gasteiger partial charge in [0.05, 0.1) is 12.5 Å². The maximum Gasteiger partial charge on any atom is 0.0663 e. The maximum atomic E-state index is 8.33. The van der Waals surface area contributed by atoms with Crippen molar-refractivity contribution >= 4 is 0 Å². The van der Waals surface area contributed by atoms with Crippen LogP contribution in [0, 0.1) is 11.3 Å². The third kappa shape index (κ3) is 2.73. The van der Waals surface area contributed by atoms with Crippen LogP contribution in [0.15, 0.2) is 11.6 Å². The second-order valence-corrected chi connectivity index (χ2v) is 3.06. The second kappa shape index (κ2) is 4.15. The summed E-state index contributed by atoms with van der Waals surface area (Å²) in [7, 11) is 0. The van der Waals surface area contributed by atoms with Crippen molar-refractivity contribution in [2.24, 2.45) is 5.73 Å². The zero-order valence-electron chi connectivity index (χ0n) is 6.71. The largest absolute Gasteiger partial charge is 0.328 e. The molecule has 0 aliphatic heterocycles. The van der Waals surface area contributed by atoms with Gasteiger partial charge < -0.3 is 5.73 Å². The topological polar surface area (TPSA) is 49.8 Å². The molecule has 0 saturated heterocycles. The van der Waals surface area contributed by atoms with Crippen LogP contribution in [-0.2, 0) is 0 Å². The van der Waals surface area contributed by atoms with Gasteiger partial charge in [0, 0.05) is 6.04 Å². The van der Waals surface area contributed by atoms with Crippen molar-refractivity contribution in [3.63, 3.8) is 0 Å². The van der Waals surface area contributed by atoms with Crippen LogP contribution in [0.3, 0.4) is 0 Å². The van der Waals surface area contributed by atoms with E-state index in [0.29, 0.717) is 12.5 Å². The Morgan fingerprint density at radius 1 is 1.55 bits per heavy atom. The van der Waals surface area contributed by atoms with Gasteiger partial charge in [-0.15, -0.1) is 0 Å². The number of allylic oxidation sites excluding steroid dienone is 2. The molecule has 0 aromatic rings. The molecule has 0 radical (unpaired) electrons. The number of nitrogens with zero attached hydrogens (tertiary/aromatic N) is 1. The Bertz CT molecular complexity index is 178. The van der Waals surface area contributed by atoms with Crippen LogP contribution in [0.2, 0.25) is 0 Å². The number of rotatable bonds is 1. The third-order valence-corrected chi connectivity index (χ3v) is 2.15. The van der Waals surface area contributed by atoms with Crippen LogP contribution in [0.25, 0.3) is 0 Å². The van der Waals surface area contributed by atoms with Crippen LogP contribution in [-0.4, -0.2) is 6.04 Å². The Labute approximate surface area is 67.7 Å². The third-order valence-electron chi connectivity index (χ3n) is 2.15. The monoisotopic (exact) mass is 150 g/mol. The highest BCUT2D eigenvalue weighted by atomic mass is 14.6. The Morgan fingerprint density at radius 3 is 2.73 bits per heavy atom. The Hall–Kier alpha value is -0.810. The lowest BCUT2D eigenvalue weighted by atomic mass is 9.91. The highest BCUT2D eigenvalue weighted by Gasteiger charge is 2.11. The molecule has 1 rings (SSSR count). The van der Waals surface area contributed by atoms with E-state index in [9.17, 15) is 0 Å². The van der Waals surface area contributed by atoms with Gasteiger partial charge >= 0.3 is 0 Å². The maximum absolute atomic E-state index is 8.33. The van der Waals surface area contributed by atoms with E-state index in [1.807, 2.05) is 6.08 Å². The second-order valence-electron chi connectivity index (χ2n) is 3.06. The number of hydrogen-bond donors (Lipinski definition) is 1. The summed E-state index contributed by atoms with van der Waals surface area (Å²) in [6.45, 7) is 0. The summed E-state index contributed by atoms with van der Waals surface area (Å²) in [5, 5.41) is 8.33. The highest BCUT2D eigenvalue weighted by Crippen LogP contribution is 2.22. The van der Waals surface area contributed by atoms with Gasteiger partial charge in [-0.25, -0.2) is 0 Å². The first-order valence-electron chi connectivity index (χ1n) is 4.13. The van der Waals surface area contributed by atoms with E-state index >= 15 is 0 Å². The molecule has 1 fully saturated rings. The normalized spacial score (nSPS) is 24.4. The molecule has 1 aliphatic carbocycles. The van der Waals surface area contributed by atoms with Crippen molar-refractivity contribution in [1.29, 1.82) is 5.26 Å². The molecule has 11 heavy (non-hydrogen) atoms. The number of nitriles is 1. The fourth-order valence-corrected chi connectivity index (χ4v) is 1.41. The molecule has 0 bridgehead atoms. The minimum absolute atomic E-state index is 0.397. The zero-order valence-corrected chi connectivity index (χ0v) is 6.71.